The lowest BCUT2D eigenvalue weighted by Crippen LogP contribution is -1.82. The van der Waals surface area contributed by atoms with Crippen LogP contribution in [0, 0.1) is 21.7 Å². The molecule has 0 saturated heterocycles. The molecule has 0 aliphatic heterocycles. The maximum Gasteiger partial charge on any atom is 0.0259 e. The second kappa shape index (κ2) is 10.7. The molecule has 0 spiro atoms. The molecule has 154 valence electrons. The third kappa shape index (κ3) is 5.61. The van der Waals surface area contributed by atoms with Crippen molar-refractivity contribution in [1.82, 2.24) is 0 Å². The number of halogens is 1. The van der Waals surface area contributed by atoms with Gasteiger partial charge in [-0.3, -0.25) is 0 Å². The van der Waals surface area contributed by atoms with E-state index in [9.17, 15) is 0 Å². The lowest BCUT2D eigenvalue weighted by Gasteiger charge is -2.06. The Bertz CT molecular complexity index is 1340. The van der Waals surface area contributed by atoms with Gasteiger partial charge in [-0.15, -0.1) is 0 Å². The Hall–Kier alpha value is -2.49. The van der Waals surface area contributed by atoms with Gasteiger partial charge in [-0.1, -0.05) is 68.9 Å². The van der Waals surface area contributed by atoms with Crippen molar-refractivity contribution in [2.45, 2.75) is 51.9 Å². The maximum absolute atomic E-state index is 3.37. The van der Waals surface area contributed by atoms with Crippen molar-refractivity contribution in [2.24, 2.45) is 0 Å². The summed E-state index contributed by atoms with van der Waals surface area (Å²) in [5, 5.41) is 7.54. The lowest BCUT2D eigenvalue weighted by molar-refractivity contribution is 0.614. The summed E-state index contributed by atoms with van der Waals surface area (Å²) in [6.45, 7) is 2.26. The number of rotatable bonds is 6. The third-order valence-corrected chi connectivity index (χ3v) is 6.10. The van der Waals surface area contributed by atoms with Crippen molar-refractivity contribution in [3.63, 3.8) is 0 Å². The van der Waals surface area contributed by atoms with E-state index >= 15 is 0 Å². The predicted molar refractivity (Wildman–Crippen MR) is 145 cm³/mol. The standard InChI is InChI=1S/C30H27I/c1-2-3-4-5-6-7-8-9-10-23-11-13-25-19-30-22-28-18-24(15-16-31)12-14-26(28)20-29(30)21-27(25)17-23/h11-14,17-22H,2-8H2,1H3. The van der Waals surface area contributed by atoms with E-state index in [4.69, 9.17) is 0 Å². The number of fused-ring (bicyclic) bond motifs is 3. The topological polar surface area (TPSA) is 0 Å². The molecular weight excluding hydrogens is 487 g/mol. The van der Waals surface area contributed by atoms with E-state index in [-0.39, 0.29) is 0 Å². The Morgan fingerprint density at radius 2 is 1.10 bits per heavy atom. The highest BCUT2D eigenvalue weighted by Crippen LogP contribution is 2.28. The Balaban J connectivity index is 1.54. The minimum Gasteiger partial charge on any atom is -0.0979 e. The van der Waals surface area contributed by atoms with Crippen LogP contribution in [-0.2, 0) is 0 Å². The summed E-state index contributed by atoms with van der Waals surface area (Å²) in [5.41, 5.74) is 2.17. The molecule has 0 aliphatic rings. The van der Waals surface area contributed by atoms with Crippen LogP contribution in [0.3, 0.4) is 0 Å². The van der Waals surface area contributed by atoms with Crippen LogP contribution >= 0.6 is 22.6 Å². The number of hydrogen-bond donors (Lipinski definition) is 0. The van der Waals surface area contributed by atoms with Crippen LogP contribution in [0.1, 0.15) is 63.0 Å². The smallest absolute Gasteiger partial charge is 0.0259 e. The van der Waals surface area contributed by atoms with Crippen LogP contribution in [0.4, 0.5) is 0 Å². The first-order chi connectivity index (χ1) is 15.3. The molecule has 1 heteroatoms. The zero-order valence-electron chi connectivity index (χ0n) is 18.1. The molecule has 0 fully saturated rings. The summed E-state index contributed by atoms with van der Waals surface area (Å²) < 4.78 is 2.96. The molecule has 0 N–H and O–H groups in total. The van der Waals surface area contributed by atoms with Crippen LogP contribution in [0.2, 0.25) is 0 Å². The minimum absolute atomic E-state index is 0.998. The van der Waals surface area contributed by atoms with Crippen LogP contribution in [0.5, 0.6) is 0 Å². The molecule has 4 aromatic rings. The molecule has 4 aromatic carbocycles. The highest BCUT2D eigenvalue weighted by Gasteiger charge is 2.03. The van der Waals surface area contributed by atoms with Gasteiger partial charge in [0.15, 0.2) is 0 Å². The fourth-order valence-electron chi connectivity index (χ4n) is 4.12. The van der Waals surface area contributed by atoms with E-state index in [1.165, 1.54) is 70.8 Å². The predicted octanol–water partition coefficient (Wildman–Crippen LogP) is 8.99. The van der Waals surface area contributed by atoms with Gasteiger partial charge in [0.2, 0.25) is 0 Å². The monoisotopic (exact) mass is 514 g/mol. The van der Waals surface area contributed by atoms with E-state index in [0.29, 0.717) is 0 Å². The molecule has 0 atom stereocenters. The van der Waals surface area contributed by atoms with Gasteiger partial charge in [0.25, 0.3) is 0 Å². The molecular formula is C30H27I. The highest BCUT2D eigenvalue weighted by atomic mass is 127. The van der Waals surface area contributed by atoms with Gasteiger partial charge in [0.1, 0.15) is 0 Å². The van der Waals surface area contributed by atoms with Gasteiger partial charge in [-0.2, -0.15) is 0 Å². The van der Waals surface area contributed by atoms with Crippen molar-refractivity contribution in [3.05, 3.63) is 71.8 Å². The highest BCUT2D eigenvalue weighted by molar-refractivity contribution is 14.1. The Morgan fingerprint density at radius 1 is 0.581 bits per heavy atom. The first kappa shape index (κ1) is 21.7. The third-order valence-electron chi connectivity index (χ3n) is 5.83. The van der Waals surface area contributed by atoms with E-state index in [2.05, 4.69) is 112 Å². The van der Waals surface area contributed by atoms with Gasteiger partial charge in [0.05, 0.1) is 0 Å². The van der Waals surface area contributed by atoms with Gasteiger partial charge < -0.3 is 0 Å². The average molecular weight is 514 g/mol. The van der Waals surface area contributed by atoms with Gasteiger partial charge in [0, 0.05) is 40.1 Å². The SMILES string of the molecule is CCCCCCCCC#Cc1ccc2cc3cc4cc(C#CI)ccc4cc3cc2c1. The normalized spacial score (nSPS) is 10.6. The first-order valence-corrected chi connectivity index (χ1v) is 12.4. The summed E-state index contributed by atoms with van der Waals surface area (Å²) in [6, 6.07) is 22.1. The van der Waals surface area contributed by atoms with E-state index < -0.39 is 0 Å². The fourth-order valence-corrected chi connectivity index (χ4v) is 4.43. The molecule has 31 heavy (non-hydrogen) atoms. The Kier molecular flexibility index (Phi) is 7.50. The molecule has 0 unspecified atom stereocenters. The van der Waals surface area contributed by atoms with Crippen LogP contribution in [0.15, 0.2) is 60.7 Å². The quantitative estimate of drug-likeness (QED) is 0.104. The molecule has 0 nitrogen and oxygen atoms in total. The van der Waals surface area contributed by atoms with E-state index in [1.54, 1.807) is 0 Å². The minimum atomic E-state index is 0.998. The zero-order chi connectivity index (χ0) is 21.5. The largest absolute Gasteiger partial charge is 0.0979 e. The number of hydrogen-bond acceptors (Lipinski definition) is 0. The molecule has 0 bridgehead atoms. The lowest BCUT2D eigenvalue weighted by atomic mass is 9.98. The summed E-state index contributed by atoms with van der Waals surface area (Å²) in [4.78, 5) is 0. The summed E-state index contributed by atoms with van der Waals surface area (Å²) >= 11 is 2.09. The second-order valence-electron chi connectivity index (χ2n) is 8.21. The van der Waals surface area contributed by atoms with E-state index in [1.807, 2.05) is 0 Å². The van der Waals surface area contributed by atoms with Crippen LogP contribution in [0.25, 0.3) is 32.3 Å². The Morgan fingerprint density at radius 3 is 1.71 bits per heavy atom. The van der Waals surface area contributed by atoms with Crippen molar-refractivity contribution >= 4 is 54.9 Å². The Labute approximate surface area is 199 Å². The fraction of sp³-hybridized carbons (Fsp3) is 0.267. The van der Waals surface area contributed by atoms with Crippen molar-refractivity contribution in [3.8, 4) is 21.7 Å². The molecule has 0 aromatic heterocycles. The average Bonchev–Trinajstić information content (AvgIpc) is 2.78. The molecule has 4 rings (SSSR count). The van der Waals surface area contributed by atoms with Crippen LogP contribution in [-0.4, -0.2) is 0 Å². The zero-order valence-corrected chi connectivity index (χ0v) is 20.3. The first-order valence-electron chi connectivity index (χ1n) is 11.3. The molecule has 0 radical (unpaired) electrons. The summed E-state index contributed by atoms with van der Waals surface area (Å²) in [7, 11) is 0. The summed E-state index contributed by atoms with van der Waals surface area (Å²) in [6.07, 6.45) is 8.90. The summed E-state index contributed by atoms with van der Waals surface area (Å²) in [5.74, 6) is 9.89. The van der Waals surface area contributed by atoms with Gasteiger partial charge >= 0.3 is 0 Å². The molecule has 0 aliphatic carbocycles. The van der Waals surface area contributed by atoms with Crippen molar-refractivity contribution < 1.29 is 0 Å². The van der Waals surface area contributed by atoms with Gasteiger partial charge in [-0.25, -0.2) is 0 Å². The molecule has 0 amide bonds. The number of unbranched alkanes of at least 4 members (excludes halogenated alkanes) is 6. The van der Waals surface area contributed by atoms with Crippen LogP contribution < -0.4 is 0 Å². The number of benzene rings is 4. The molecule has 0 saturated carbocycles. The maximum atomic E-state index is 3.37. The van der Waals surface area contributed by atoms with Crippen molar-refractivity contribution in [2.75, 3.05) is 0 Å². The van der Waals surface area contributed by atoms with Gasteiger partial charge in [-0.05, 0) is 91.2 Å². The molecule has 0 heterocycles. The second-order valence-corrected chi connectivity index (χ2v) is 8.75. The van der Waals surface area contributed by atoms with Crippen molar-refractivity contribution in [1.29, 1.82) is 0 Å². The van der Waals surface area contributed by atoms with E-state index in [0.717, 1.165) is 17.5 Å².